The Morgan fingerprint density at radius 1 is 0.516 bits per heavy atom. The van der Waals surface area contributed by atoms with Crippen LogP contribution < -0.4 is 31.9 Å². The van der Waals surface area contributed by atoms with Crippen LogP contribution in [0.3, 0.4) is 0 Å². The molecule has 31 heavy (non-hydrogen) atoms. The quantitative estimate of drug-likeness (QED) is 0.381. The molecule has 0 aliphatic rings. The minimum absolute atomic E-state index is 0.768. The van der Waals surface area contributed by atoms with Gasteiger partial charge in [0.2, 0.25) is 0 Å². The highest BCUT2D eigenvalue weighted by molar-refractivity contribution is 7.80. The van der Waals surface area contributed by atoms with Gasteiger partial charge < -0.3 is 16.0 Å². The molecule has 0 heterocycles. The van der Waals surface area contributed by atoms with Gasteiger partial charge in [-0.2, -0.15) is 0 Å². The zero-order chi connectivity index (χ0) is 22.4. The smallest absolute Gasteiger partial charge is 0.0427 e. The standard InChI is InChI=1S/C27H36N3P/c1-7-28-22-16-19(4)10-13-25(22)31(26-14-11-20(5)17-23(26)29-8-2)27-15-12-21(6)18-24(27)30-9-3/h10-18,28-30H,7-9H2,1-6H3. The van der Waals surface area contributed by atoms with Gasteiger partial charge in [0.15, 0.2) is 0 Å². The fourth-order valence-corrected chi connectivity index (χ4v) is 6.52. The number of aryl methyl sites for hydroxylation is 3. The fraction of sp³-hybridized carbons (Fsp3) is 0.333. The Hall–Kier alpha value is -2.51. The number of benzene rings is 3. The lowest BCUT2D eigenvalue weighted by atomic mass is 10.2. The molecule has 0 bridgehead atoms. The topological polar surface area (TPSA) is 36.1 Å². The summed E-state index contributed by atoms with van der Waals surface area (Å²) in [6.07, 6.45) is 0. The molecule has 0 amide bonds. The predicted molar refractivity (Wildman–Crippen MR) is 142 cm³/mol. The van der Waals surface area contributed by atoms with Crippen molar-refractivity contribution in [1.29, 1.82) is 0 Å². The van der Waals surface area contributed by atoms with Crippen molar-refractivity contribution in [2.45, 2.75) is 41.5 Å². The molecule has 0 aliphatic carbocycles. The van der Waals surface area contributed by atoms with E-state index in [1.165, 1.54) is 49.7 Å². The van der Waals surface area contributed by atoms with Crippen molar-refractivity contribution in [1.82, 2.24) is 0 Å². The molecule has 0 saturated heterocycles. The SMILES string of the molecule is CCNc1cc(C)ccc1P(c1ccc(C)cc1NCC)c1ccc(C)cc1NCC. The van der Waals surface area contributed by atoms with Gasteiger partial charge in [-0.15, -0.1) is 0 Å². The van der Waals surface area contributed by atoms with Crippen molar-refractivity contribution in [3.05, 3.63) is 71.3 Å². The van der Waals surface area contributed by atoms with Crippen LogP contribution >= 0.6 is 7.92 Å². The van der Waals surface area contributed by atoms with Crippen molar-refractivity contribution >= 4 is 40.9 Å². The molecule has 0 spiro atoms. The van der Waals surface area contributed by atoms with Gasteiger partial charge >= 0.3 is 0 Å². The average molecular weight is 434 g/mol. The van der Waals surface area contributed by atoms with Crippen LogP contribution in [0, 0.1) is 20.8 Å². The summed E-state index contributed by atoms with van der Waals surface area (Å²) in [6, 6.07) is 20.6. The molecular formula is C27H36N3P. The van der Waals surface area contributed by atoms with E-state index in [1.54, 1.807) is 0 Å². The zero-order valence-electron chi connectivity index (χ0n) is 19.8. The molecule has 3 rings (SSSR count). The van der Waals surface area contributed by atoms with Gasteiger partial charge in [-0.3, -0.25) is 0 Å². The molecule has 3 nitrogen and oxygen atoms in total. The van der Waals surface area contributed by atoms with E-state index in [0.717, 1.165) is 19.6 Å². The molecule has 0 fully saturated rings. The van der Waals surface area contributed by atoms with Gasteiger partial charge in [0.25, 0.3) is 0 Å². The molecule has 3 aromatic rings. The summed E-state index contributed by atoms with van der Waals surface area (Å²) < 4.78 is 0. The lowest BCUT2D eigenvalue weighted by Gasteiger charge is -2.27. The number of nitrogens with one attached hydrogen (secondary N) is 3. The molecule has 3 aromatic carbocycles. The van der Waals surface area contributed by atoms with Crippen molar-refractivity contribution in [3.63, 3.8) is 0 Å². The molecule has 0 aliphatic heterocycles. The van der Waals surface area contributed by atoms with Gasteiger partial charge in [0.05, 0.1) is 0 Å². The minimum Gasteiger partial charge on any atom is -0.385 e. The van der Waals surface area contributed by atoms with Gasteiger partial charge in [0.1, 0.15) is 0 Å². The van der Waals surface area contributed by atoms with E-state index in [2.05, 4.69) is 112 Å². The summed E-state index contributed by atoms with van der Waals surface area (Å²) in [7, 11) is -0.768. The highest BCUT2D eigenvalue weighted by atomic mass is 31.1. The minimum atomic E-state index is -0.768. The summed E-state index contributed by atoms with van der Waals surface area (Å²) >= 11 is 0. The first-order valence-electron chi connectivity index (χ1n) is 11.3. The molecule has 0 unspecified atom stereocenters. The first-order valence-corrected chi connectivity index (χ1v) is 12.7. The average Bonchev–Trinajstić information content (AvgIpc) is 2.73. The number of hydrogen-bond acceptors (Lipinski definition) is 3. The van der Waals surface area contributed by atoms with Crippen LogP contribution in [0.1, 0.15) is 37.5 Å². The van der Waals surface area contributed by atoms with Crippen LogP contribution in [-0.2, 0) is 0 Å². The Bertz CT molecular complexity index is 897. The third-order valence-electron chi connectivity index (χ3n) is 5.28. The van der Waals surface area contributed by atoms with Crippen LogP contribution in [0.4, 0.5) is 17.1 Å². The Kier molecular flexibility index (Phi) is 7.98. The van der Waals surface area contributed by atoms with Crippen LogP contribution in [0.15, 0.2) is 54.6 Å². The highest BCUT2D eigenvalue weighted by Crippen LogP contribution is 2.41. The highest BCUT2D eigenvalue weighted by Gasteiger charge is 2.25. The maximum absolute atomic E-state index is 3.64. The van der Waals surface area contributed by atoms with Crippen LogP contribution in [0.25, 0.3) is 0 Å². The van der Waals surface area contributed by atoms with Crippen LogP contribution in [0.2, 0.25) is 0 Å². The summed E-state index contributed by atoms with van der Waals surface area (Å²) in [5.74, 6) is 0. The molecule has 4 heteroatoms. The van der Waals surface area contributed by atoms with Crippen LogP contribution in [-0.4, -0.2) is 19.6 Å². The summed E-state index contributed by atoms with van der Waals surface area (Å²) in [5.41, 5.74) is 7.54. The second-order valence-electron chi connectivity index (χ2n) is 7.99. The zero-order valence-corrected chi connectivity index (χ0v) is 20.7. The Balaban J connectivity index is 2.32. The van der Waals surface area contributed by atoms with Crippen LogP contribution in [0.5, 0.6) is 0 Å². The predicted octanol–water partition coefficient (Wildman–Crippen LogP) is 5.67. The van der Waals surface area contributed by atoms with E-state index in [9.17, 15) is 0 Å². The van der Waals surface area contributed by atoms with Gasteiger partial charge in [0, 0.05) is 52.6 Å². The van der Waals surface area contributed by atoms with E-state index in [4.69, 9.17) is 0 Å². The summed E-state index contributed by atoms with van der Waals surface area (Å²) in [6.45, 7) is 15.7. The largest absolute Gasteiger partial charge is 0.385 e. The Morgan fingerprint density at radius 3 is 1.06 bits per heavy atom. The molecule has 0 radical (unpaired) electrons. The molecule has 0 saturated carbocycles. The number of hydrogen-bond donors (Lipinski definition) is 3. The third-order valence-corrected chi connectivity index (χ3v) is 7.90. The maximum atomic E-state index is 3.64. The Morgan fingerprint density at radius 2 is 0.806 bits per heavy atom. The number of anilines is 3. The first-order chi connectivity index (χ1) is 15.0. The lowest BCUT2D eigenvalue weighted by Crippen LogP contribution is -2.27. The van der Waals surface area contributed by atoms with E-state index < -0.39 is 7.92 Å². The normalized spacial score (nSPS) is 10.9. The van der Waals surface area contributed by atoms with E-state index in [1.807, 2.05) is 0 Å². The van der Waals surface area contributed by atoms with E-state index in [0.29, 0.717) is 0 Å². The maximum Gasteiger partial charge on any atom is 0.0427 e. The lowest BCUT2D eigenvalue weighted by molar-refractivity contribution is 1.21. The van der Waals surface area contributed by atoms with Crippen molar-refractivity contribution in [3.8, 4) is 0 Å². The van der Waals surface area contributed by atoms with E-state index in [-0.39, 0.29) is 0 Å². The fourth-order valence-electron chi connectivity index (χ4n) is 3.92. The van der Waals surface area contributed by atoms with Crippen molar-refractivity contribution < 1.29 is 0 Å². The van der Waals surface area contributed by atoms with Crippen molar-refractivity contribution in [2.75, 3.05) is 35.6 Å². The van der Waals surface area contributed by atoms with Gasteiger partial charge in [-0.25, -0.2) is 0 Å². The Labute approximate surface area is 189 Å². The first kappa shape index (κ1) is 23.2. The van der Waals surface area contributed by atoms with Gasteiger partial charge in [-0.1, -0.05) is 36.4 Å². The molecule has 0 aromatic heterocycles. The summed E-state index contributed by atoms with van der Waals surface area (Å²) in [4.78, 5) is 0. The van der Waals surface area contributed by atoms with Crippen molar-refractivity contribution in [2.24, 2.45) is 0 Å². The second kappa shape index (κ2) is 10.7. The summed E-state index contributed by atoms with van der Waals surface area (Å²) in [5, 5.41) is 15.0. The number of rotatable bonds is 9. The van der Waals surface area contributed by atoms with E-state index >= 15 is 0 Å². The third kappa shape index (κ3) is 5.40. The second-order valence-corrected chi connectivity index (χ2v) is 10.1. The molecule has 3 N–H and O–H groups in total. The monoisotopic (exact) mass is 433 g/mol. The molecule has 0 atom stereocenters. The molecule has 164 valence electrons. The molecular weight excluding hydrogens is 397 g/mol. The van der Waals surface area contributed by atoms with Gasteiger partial charge in [-0.05, 0) is 84.4 Å².